The largest absolute Gasteiger partial charge is 0.508 e. The molecule has 0 aliphatic rings. The first kappa shape index (κ1) is 11.6. The SMILES string of the molecule is Oc1ccc2nc(Cc3cccc(F)c3F)[nH]c2c1. The van der Waals surface area contributed by atoms with Crippen LogP contribution in [0.25, 0.3) is 11.0 Å². The minimum atomic E-state index is -0.869. The Labute approximate surface area is 107 Å². The molecule has 0 bridgehead atoms. The van der Waals surface area contributed by atoms with Gasteiger partial charge in [0.15, 0.2) is 11.6 Å². The third-order valence-electron chi connectivity index (χ3n) is 2.90. The fourth-order valence-electron chi connectivity index (χ4n) is 2.00. The van der Waals surface area contributed by atoms with E-state index in [0.717, 1.165) is 6.07 Å². The van der Waals surface area contributed by atoms with Gasteiger partial charge in [0.05, 0.1) is 11.0 Å². The molecule has 0 fully saturated rings. The fourth-order valence-corrected chi connectivity index (χ4v) is 2.00. The van der Waals surface area contributed by atoms with Gasteiger partial charge in [-0.05, 0) is 23.8 Å². The van der Waals surface area contributed by atoms with Crippen LogP contribution in [0, 0.1) is 11.6 Å². The van der Waals surface area contributed by atoms with Crippen LogP contribution in [0.5, 0.6) is 5.75 Å². The summed E-state index contributed by atoms with van der Waals surface area (Å²) in [6, 6.07) is 8.77. The quantitative estimate of drug-likeness (QED) is 0.743. The molecule has 0 saturated heterocycles. The summed E-state index contributed by atoms with van der Waals surface area (Å²) in [5.41, 5.74) is 1.57. The molecule has 3 rings (SSSR count). The molecule has 0 saturated carbocycles. The summed E-state index contributed by atoms with van der Waals surface area (Å²) < 4.78 is 26.7. The Balaban J connectivity index is 1.99. The van der Waals surface area contributed by atoms with Crippen LogP contribution in [0.2, 0.25) is 0 Å². The van der Waals surface area contributed by atoms with Crippen molar-refractivity contribution in [3.8, 4) is 5.75 Å². The Morgan fingerprint density at radius 3 is 2.84 bits per heavy atom. The zero-order valence-corrected chi connectivity index (χ0v) is 9.82. The van der Waals surface area contributed by atoms with Crippen LogP contribution < -0.4 is 0 Å². The lowest BCUT2D eigenvalue weighted by atomic mass is 10.1. The number of hydrogen-bond acceptors (Lipinski definition) is 2. The molecular weight excluding hydrogens is 250 g/mol. The van der Waals surface area contributed by atoms with Crippen LogP contribution in [-0.2, 0) is 6.42 Å². The second kappa shape index (κ2) is 4.35. The number of aromatic nitrogens is 2. The number of rotatable bonds is 2. The molecule has 0 spiro atoms. The number of benzene rings is 2. The Morgan fingerprint density at radius 1 is 1.16 bits per heavy atom. The standard InChI is InChI=1S/C14H10F2N2O/c15-10-3-1-2-8(14(10)16)6-13-17-11-5-4-9(19)7-12(11)18-13/h1-5,7,19H,6H2,(H,17,18). The second-order valence-corrected chi connectivity index (χ2v) is 4.27. The zero-order valence-electron chi connectivity index (χ0n) is 9.82. The van der Waals surface area contributed by atoms with Gasteiger partial charge in [-0.25, -0.2) is 13.8 Å². The highest BCUT2D eigenvalue weighted by molar-refractivity contribution is 5.76. The van der Waals surface area contributed by atoms with Crippen molar-refractivity contribution in [1.29, 1.82) is 0 Å². The van der Waals surface area contributed by atoms with Crippen LogP contribution in [0.1, 0.15) is 11.4 Å². The molecule has 0 amide bonds. The zero-order chi connectivity index (χ0) is 13.4. The summed E-state index contributed by atoms with van der Waals surface area (Å²) in [4.78, 5) is 7.24. The topological polar surface area (TPSA) is 48.9 Å². The van der Waals surface area contributed by atoms with E-state index in [9.17, 15) is 13.9 Å². The molecule has 5 heteroatoms. The molecular formula is C14H10F2N2O. The Morgan fingerprint density at radius 2 is 2.00 bits per heavy atom. The third-order valence-corrected chi connectivity index (χ3v) is 2.90. The Kier molecular flexibility index (Phi) is 2.67. The molecule has 19 heavy (non-hydrogen) atoms. The van der Waals surface area contributed by atoms with Gasteiger partial charge in [0.1, 0.15) is 11.6 Å². The summed E-state index contributed by atoms with van der Waals surface area (Å²) in [7, 11) is 0. The lowest BCUT2D eigenvalue weighted by molar-refractivity contribution is 0.476. The maximum atomic E-state index is 13.6. The first-order valence-corrected chi connectivity index (χ1v) is 5.74. The number of phenolic OH excluding ortho intramolecular Hbond substituents is 1. The minimum Gasteiger partial charge on any atom is -0.508 e. The van der Waals surface area contributed by atoms with E-state index in [1.807, 2.05) is 0 Å². The van der Waals surface area contributed by atoms with E-state index in [1.54, 1.807) is 6.07 Å². The molecule has 0 aliphatic heterocycles. The monoisotopic (exact) mass is 260 g/mol. The van der Waals surface area contributed by atoms with Crippen molar-refractivity contribution in [2.24, 2.45) is 0 Å². The summed E-state index contributed by atoms with van der Waals surface area (Å²) in [5, 5.41) is 9.35. The fraction of sp³-hybridized carbons (Fsp3) is 0.0714. The highest BCUT2D eigenvalue weighted by Crippen LogP contribution is 2.20. The van der Waals surface area contributed by atoms with E-state index in [2.05, 4.69) is 9.97 Å². The van der Waals surface area contributed by atoms with Crippen LogP contribution in [-0.4, -0.2) is 15.1 Å². The van der Waals surface area contributed by atoms with E-state index >= 15 is 0 Å². The van der Waals surface area contributed by atoms with Gasteiger partial charge in [-0.1, -0.05) is 12.1 Å². The van der Waals surface area contributed by atoms with Crippen LogP contribution in [0.15, 0.2) is 36.4 Å². The van der Waals surface area contributed by atoms with Gasteiger partial charge in [0.25, 0.3) is 0 Å². The van der Waals surface area contributed by atoms with Gasteiger partial charge in [0.2, 0.25) is 0 Å². The molecule has 1 heterocycles. The number of fused-ring (bicyclic) bond motifs is 1. The number of phenols is 1. The van der Waals surface area contributed by atoms with Gasteiger partial charge in [-0.3, -0.25) is 0 Å². The van der Waals surface area contributed by atoms with Crippen LogP contribution in [0.3, 0.4) is 0 Å². The van der Waals surface area contributed by atoms with E-state index in [1.165, 1.54) is 24.3 Å². The van der Waals surface area contributed by atoms with Crippen molar-refractivity contribution in [2.45, 2.75) is 6.42 Å². The van der Waals surface area contributed by atoms with Gasteiger partial charge in [-0.2, -0.15) is 0 Å². The predicted octanol–water partition coefficient (Wildman–Crippen LogP) is 3.14. The Bertz CT molecular complexity index is 752. The van der Waals surface area contributed by atoms with Crippen molar-refractivity contribution in [1.82, 2.24) is 9.97 Å². The second-order valence-electron chi connectivity index (χ2n) is 4.27. The smallest absolute Gasteiger partial charge is 0.162 e. The number of aromatic amines is 1. The van der Waals surface area contributed by atoms with E-state index < -0.39 is 11.6 Å². The maximum absolute atomic E-state index is 13.6. The summed E-state index contributed by atoms with van der Waals surface area (Å²) >= 11 is 0. The molecule has 0 radical (unpaired) electrons. The average Bonchev–Trinajstić information content (AvgIpc) is 2.76. The highest BCUT2D eigenvalue weighted by atomic mass is 19.2. The molecule has 2 N–H and O–H groups in total. The average molecular weight is 260 g/mol. The van der Waals surface area contributed by atoms with Gasteiger partial charge in [-0.15, -0.1) is 0 Å². The summed E-state index contributed by atoms with van der Waals surface area (Å²) in [6.07, 6.45) is 0.166. The van der Waals surface area contributed by atoms with Crippen molar-refractivity contribution in [3.05, 3.63) is 59.4 Å². The molecule has 0 unspecified atom stereocenters. The third kappa shape index (κ3) is 2.14. The van der Waals surface area contributed by atoms with Gasteiger partial charge >= 0.3 is 0 Å². The lowest BCUT2D eigenvalue weighted by Gasteiger charge is -2.01. The molecule has 0 atom stereocenters. The lowest BCUT2D eigenvalue weighted by Crippen LogP contribution is -1.97. The molecule has 0 aliphatic carbocycles. The molecule has 96 valence electrons. The van der Waals surface area contributed by atoms with Crippen molar-refractivity contribution in [3.63, 3.8) is 0 Å². The number of halogens is 2. The highest BCUT2D eigenvalue weighted by Gasteiger charge is 2.10. The van der Waals surface area contributed by atoms with Crippen LogP contribution in [0.4, 0.5) is 8.78 Å². The van der Waals surface area contributed by atoms with Gasteiger partial charge in [0, 0.05) is 12.5 Å². The minimum absolute atomic E-state index is 0.125. The number of H-pyrrole nitrogens is 1. The van der Waals surface area contributed by atoms with Crippen molar-refractivity contribution < 1.29 is 13.9 Å². The Hall–Kier alpha value is -2.43. The van der Waals surface area contributed by atoms with E-state index in [4.69, 9.17) is 0 Å². The van der Waals surface area contributed by atoms with Crippen molar-refractivity contribution >= 4 is 11.0 Å². The van der Waals surface area contributed by atoms with Crippen LogP contribution >= 0.6 is 0 Å². The number of aromatic hydroxyl groups is 1. The maximum Gasteiger partial charge on any atom is 0.162 e. The summed E-state index contributed by atoms with van der Waals surface area (Å²) in [6.45, 7) is 0. The van der Waals surface area contributed by atoms with Gasteiger partial charge < -0.3 is 10.1 Å². The number of imidazole rings is 1. The first-order valence-electron chi connectivity index (χ1n) is 5.74. The van der Waals surface area contributed by atoms with Crippen molar-refractivity contribution in [2.75, 3.05) is 0 Å². The summed E-state index contributed by atoms with van der Waals surface area (Å²) in [5.74, 6) is -1.08. The normalized spacial score (nSPS) is 11.1. The number of hydrogen-bond donors (Lipinski definition) is 2. The van der Waals surface area contributed by atoms with E-state index in [0.29, 0.717) is 16.9 Å². The first-order chi connectivity index (χ1) is 9.13. The molecule has 2 aromatic carbocycles. The molecule has 1 aromatic heterocycles. The number of nitrogens with zero attached hydrogens (tertiary/aromatic N) is 1. The predicted molar refractivity (Wildman–Crippen MR) is 66.9 cm³/mol. The number of nitrogens with one attached hydrogen (secondary N) is 1. The molecule has 3 nitrogen and oxygen atoms in total. The molecule has 3 aromatic rings. The van der Waals surface area contributed by atoms with E-state index in [-0.39, 0.29) is 17.7 Å².